The maximum absolute atomic E-state index is 10.4. The summed E-state index contributed by atoms with van der Waals surface area (Å²) in [5.74, 6) is 0.563. The normalized spacial score (nSPS) is 20.2. The van der Waals surface area contributed by atoms with Crippen molar-refractivity contribution in [2.24, 2.45) is 0 Å². The molecule has 1 aromatic rings. The molecule has 110 valence electrons. The maximum Gasteiger partial charge on any atom is 0.498 e. The minimum atomic E-state index is -0.584. The van der Waals surface area contributed by atoms with Crippen LogP contribution in [-0.2, 0) is 9.31 Å². The van der Waals surface area contributed by atoms with Gasteiger partial charge in [-0.25, -0.2) is 0 Å². The molecule has 1 aliphatic rings. The molecule has 1 aliphatic heterocycles. The molecule has 1 aromatic carbocycles. The molecule has 0 unspecified atom stereocenters. The van der Waals surface area contributed by atoms with Gasteiger partial charge in [-0.3, -0.25) is 0 Å². The van der Waals surface area contributed by atoms with Crippen LogP contribution in [0.4, 0.5) is 0 Å². The standard InChI is InChI=1S/C15H23BO4/c1-7-18-12-9-10(2)8-11(13(12)17)16-19-14(3,4)15(5,6)20-16/h8-9,17H,7H2,1-6H3. The molecule has 0 bridgehead atoms. The summed E-state index contributed by atoms with van der Waals surface area (Å²) in [6.07, 6.45) is 0. The summed E-state index contributed by atoms with van der Waals surface area (Å²) in [7, 11) is -0.584. The third-order valence-electron chi connectivity index (χ3n) is 4.06. The predicted octanol–water partition coefficient (Wildman–Crippen LogP) is 2.40. The van der Waals surface area contributed by atoms with Crippen LogP contribution in [0, 0.1) is 6.92 Å². The smallest absolute Gasteiger partial charge is 0.498 e. The number of aryl methyl sites for hydroxylation is 1. The zero-order chi connectivity index (χ0) is 15.1. The van der Waals surface area contributed by atoms with Crippen LogP contribution in [0.5, 0.6) is 11.5 Å². The van der Waals surface area contributed by atoms with Crippen LogP contribution in [0.15, 0.2) is 12.1 Å². The summed E-state index contributed by atoms with van der Waals surface area (Å²) in [5, 5.41) is 10.4. The predicted molar refractivity (Wildman–Crippen MR) is 79.7 cm³/mol. The summed E-state index contributed by atoms with van der Waals surface area (Å²) < 4.78 is 17.4. The molecule has 20 heavy (non-hydrogen) atoms. The quantitative estimate of drug-likeness (QED) is 0.862. The van der Waals surface area contributed by atoms with E-state index in [2.05, 4.69) is 0 Å². The summed E-state index contributed by atoms with van der Waals surface area (Å²) in [5.41, 5.74) is 0.752. The highest BCUT2D eigenvalue weighted by Gasteiger charge is 2.52. The fourth-order valence-corrected chi connectivity index (χ4v) is 2.19. The lowest BCUT2D eigenvalue weighted by Gasteiger charge is -2.32. The van der Waals surface area contributed by atoms with Gasteiger partial charge in [0.1, 0.15) is 0 Å². The molecule has 1 heterocycles. The Bertz CT molecular complexity index is 495. The third kappa shape index (κ3) is 2.52. The minimum Gasteiger partial charge on any atom is -0.505 e. The zero-order valence-corrected chi connectivity index (χ0v) is 13.1. The zero-order valence-electron chi connectivity index (χ0n) is 13.1. The van der Waals surface area contributed by atoms with Gasteiger partial charge in [-0.1, -0.05) is 6.07 Å². The van der Waals surface area contributed by atoms with E-state index in [1.807, 2.05) is 53.7 Å². The Morgan fingerprint density at radius 1 is 1.15 bits per heavy atom. The first-order chi connectivity index (χ1) is 9.18. The van der Waals surface area contributed by atoms with Gasteiger partial charge in [0, 0.05) is 5.46 Å². The van der Waals surface area contributed by atoms with Crippen molar-refractivity contribution in [2.45, 2.75) is 52.7 Å². The largest absolute Gasteiger partial charge is 0.505 e. The fourth-order valence-electron chi connectivity index (χ4n) is 2.19. The van der Waals surface area contributed by atoms with Gasteiger partial charge >= 0.3 is 7.12 Å². The van der Waals surface area contributed by atoms with E-state index in [1.54, 1.807) is 0 Å². The lowest BCUT2D eigenvalue weighted by atomic mass is 9.77. The SMILES string of the molecule is CCOc1cc(C)cc(B2OC(C)(C)C(C)(C)O2)c1O. The molecular formula is C15H23BO4. The highest BCUT2D eigenvalue weighted by molar-refractivity contribution is 6.63. The van der Waals surface area contributed by atoms with Gasteiger partial charge in [0.05, 0.1) is 17.8 Å². The Morgan fingerprint density at radius 3 is 2.20 bits per heavy atom. The summed E-state index contributed by atoms with van der Waals surface area (Å²) in [4.78, 5) is 0. The number of rotatable bonds is 3. The molecule has 5 heteroatoms. The first kappa shape index (κ1) is 15.2. The molecule has 1 N–H and O–H groups in total. The van der Waals surface area contributed by atoms with Gasteiger partial charge in [0.2, 0.25) is 0 Å². The van der Waals surface area contributed by atoms with Crippen molar-refractivity contribution in [1.82, 2.24) is 0 Å². The number of benzene rings is 1. The van der Waals surface area contributed by atoms with Gasteiger partial charge in [0.15, 0.2) is 11.5 Å². The number of aromatic hydroxyl groups is 1. The molecule has 0 aliphatic carbocycles. The molecule has 0 atom stereocenters. The highest BCUT2D eigenvalue weighted by atomic mass is 16.7. The van der Waals surface area contributed by atoms with Crippen molar-refractivity contribution in [2.75, 3.05) is 6.61 Å². The Hall–Kier alpha value is -1.20. The van der Waals surface area contributed by atoms with Crippen molar-refractivity contribution in [3.63, 3.8) is 0 Å². The van der Waals surface area contributed by atoms with Crippen LogP contribution < -0.4 is 10.2 Å². The van der Waals surface area contributed by atoms with Crippen LogP contribution in [0.1, 0.15) is 40.2 Å². The fraction of sp³-hybridized carbons (Fsp3) is 0.600. The van der Waals surface area contributed by atoms with Crippen LogP contribution in [0.3, 0.4) is 0 Å². The number of ether oxygens (including phenoxy) is 1. The second-order valence-corrected chi connectivity index (χ2v) is 6.22. The Labute approximate surface area is 121 Å². The average Bonchev–Trinajstić information content (AvgIpc) is 2.53. The van der Waals surface area contributed by atoms with Crippen molar-refractivity contribution in [3.05, 3.63) is 17.7 Å². The molecule has 1 saturated heterocycles. The number of hydrogen-bond acceptors (Lipinski definition) is 4. The molecule has 0 radical (unpaired) electrons. The van der Waals surface area contributed by atoms with E-state index in [9.17, 15) is 5.11 Å². The average molecular weight is 278 g/mol. The molecule has 1 fully saturated rings. The van der Waals surface area contributed by atoms with Gasteiger partial charge < -0.3 is 19.2 Å². The third-order valence-corrected chi connectivity index (χ3v) is 4.06. The van der Waals surface area contributed by atoms with E-state index in [0.29, 0.717) is 17.8 Å². The van der Waals surface area contributed by atoms with E-state index < -0.39 is 18.3 Å². The first-order valence-corrected chi connectivity index (χ1v) is 7.00. The maximum atomic E-state index is 10.4. The Kier molecular flexibility index (Phi) is 3.78. The Balaban J connectivity index is 2.40. The molecular weight excluding hydrogens is 255 g/mol. The monoisotopic (exact) mass is 278 g/mol. The van der Waals surface area contributed by atoms with Crippen LogP contribution in [0.2, 0.25) is 0 Å². The minimum absolute atomic E-state index is 0.0935. The second-order valence-electron chi connectivity index (χ2n) is 6.22. The second kappa shape index (κ2) is 4.97. The van der Waals surface area contributed by atoms with E-state index in [1.165, 1.54) is 0 Å². The van der Waals surface area contributed by atoms with Gasteiger partial charge in [-0.05, 0) is 53.2 Å². The lowest BCUT2D eigenvalue weighted by Crippen LogP contribution is -2.41. The lowest BCUT2D eigenvalue weighted by molar-refractivity contribution is 0.00578. The topological polar surface area (TPSA) is 47.9 Å². The van der Waals surface area contributed by atoms with Crippen molar-refractivity contribution >= 4 is 12.6 Å². The molecule has 0 saturated carbocycles. The van der Waals surface area contributed by atoms with Crippen molar-refractivity contribution < 1.29 is 19.2 Å². The van der Waals surface area contributed by atoms with E-state index in [4.69, 9.17) is 14.0 Å². The van der Waals surface area contributed by atoms with Gasteiger partial charge in [0.25, 0.3) is 0 Å². The van der Waals surface area contributed by atoms with Crippen LogP contribution >= 0.6 is 0 Å². The van der Waals surface area contributed by atoms with Crippen molar-refractivity contribution in [1.29, 1.82) is 0 Å². The number of phenols is 1. The molecule has 4 nitrogen and oxygen atoms in total. The van der Waals surface area contributed by atoms with Crippen LogP contribution in [-0.4, -0.2) is 30.0 Å². The van der Waals surface area contributed by atoms with Crippen molar-refractivity contribution in [3.8, 4) is 11.5 Å². The van der Waals surface area contributed by atoms with E-state index in [-0.39, 0.29) is 5.75 Å². The molecule has 0 aromatic heterocycles. The summed E-state index contributed by atoms with van der Waals surface area (Å²) >= 11 is 0. The van der Waals surface area contributed by atoms with E-state index in [0.717, 1.165) is 5.56 Å². The first-order valence-electron chi connectivity index (χ1n) is 7.00. The molecule has 0 amide bonds. The van der Waals surface area contributed by atoms with Crippen LogP contribution in [0.25, 0.3) is 0 Å². The molecule has 0 spiro atoms. The number of hydrogen-bond donors (Lipinski definition) is 1. The van der Waals surface area contributed by atoms with Gasteiger partial charge in [-0.2, -0.15) is 0 Å². The summed E-state index contributed by atoms with van der Waals surface area (Å²) in [6.45, 7) is 12.3. The highest BCUT2D eigenvalue weighted by Crippen LogP contribution is 2.38. The Morgan fingerprint density at radius 2 is 1.70 bits per heavy atom. The number of phenolic OH excluding ortho intramolecular Hbond substituents is 1. The van der Waals surface area contributed by atoms with Gasteiger partial charge in [-0.15, -0.1) is 0 Å². The van der Waals surface area contributed by atoms with E-state index >= 15 is 0 Å². The summed E-state index contributed by atoms with van der Waals surface area (Å²) in [6, 6.07) is 3.69. The molecule has 2 rings (SSSR count).